The summed E-state index contributed by atoms with van der Waals surface area (Å²) in [4.78, 5) is 24.1. The molecule has 0 spiro atoms. The van der Waals surface area contributed by atoms with Gasteiger partial charge in [-0.3, -0.25) is 9.00 Å². The number of carbonyl (C=O) groups excluding carboxylic acids is 1. The van der Waals surface area contributed by atoms with Crippen LogP contribution in [-0.2, 0) is 15.6 Å². The van der Waals surface area contributed by atoms with Crippen molar-refractivity contribution in [2.75, 3.05) is 25.1 Å². The Bertz CT molecular complexity index is 335. The standard InChI is InChI=1S/C11H20N2O4S/c1-18(17)7-3-5-12-11(16)13-6-2-4-9(13)8-10(14)15/h9H,2-8H2,1H3,(H,12,16)(H,14,15). The average Bonchev–Trinajstić information content (AvgIpc) is 2.71. The molecule has 0 aromatic heterocycles. The molecule has 2 atom stereocenters. The SMILES string of the molecule is CS(=O)CCCNC(=O)N1CCCC1CC(=O)O. The van der Waals surface area contributed by atoms with Crippen LogP contribution >= 0.6 is 0 Å². The number of carboxylic acid groups (broad SMARTS) is 1. The molecule has 0 radical (unpaired) electrons. The minimum absolute atomic E-state index is 0.00635. The fourth-order valence-electron chi connectivity index (χ4n) is 2.09. The molecule has 0 aromatic carbocycles. The van der Waals surface area contributed by atoms with E-state index in [1.54, 1.807) is 11.2 Å². The molecule has 1 rings (SSSR count). The van der Waals surface area contributed by atoms with Gasteiger partial charge in [-0.15, -0.1) is 0 Å². The Morgan fingerprint density at radius 2 is 2.22 bits per heavy atom. The van der Waals surface area contributed by atoms with E-state index in [9.17, 15) is 13.8 Å². The lowest BCUT2D eigenvalue weighted by Crippen LogP contribution is -2.44. The van der Waals surface area contributed by atoms with Gasteiger partial charge in [0.1, 0.15) is 0 Å². The Balaban J connectivity index is 2.31. The molecule has 2 unspecified atom stereocenters. The third-order valence-electron chi connectivity index (χ3n) is 2.93. The molecule has 0 bridgehead atoms. The van der Waals surface area contributed by atoms with Crippen LogP contribution < -0.4 is 5.32 Å². The predicted octanol–water partition coefficient (Wildman–Crippen LogP) is 0.404. The van der Waals surface area contributed by atoms with Gasteiger partial charge in [0.25, 0.3) is 0 Å². The fourth-order valence-corrected chi connectivity index (χ4v) is 2.64. The van der Waals surface area contributed by atoms with E-state index in [0.29, 0.717) is 25.3 Å². The second-order valence-electron chi connectivity index (χ2n) is 4.45. The summed E-state index contributed by atoms with van der Waals surface area (Å²) in [5.41, 5.74) is 0. The van der Waals surface area contributed by atoms with Crippen LogP contribution in [0.2, 0.25) is 0 Å². The van der Waals surface area contributed by atoms with E-state index in [-0.39, 0.29) is 18.5 Å². The van der Waals surface area contributed by atoms with Gasteiger partial charge in [-0.25, -0.2) is 4.79 Å². The molecule has 1 saturated heterocycles. The quantitative estimate of drug-likeness (QED) is 0.688. The molecular weight excluding hydrogens is 256 g/mol. The zero-order valence-electron chi connectivity index (χ0n) is 10.6. The van der Waals surface area contributed by atoms with E-state index in [1.165, 1.54) is 0 Å². The Morgan fingerprint density at radius 1 is 1.50 bits per heavy atom. The number of urea groups is 1. The summed E-state index contributed by atoms with van der Waals surface area (Å²) in [5, 5.41) is 11.5. The van der Waals surface area contributed by atoms with Crippen molar-refractivity contribution in [3.63, 3.8) is 0 Å². The molecule has 7 heteroatoms. The lowest BCUT2D eigenvalue weighted by atomic mass is 10.1. The van der Waals surface area contributed by atoms with Gasteiger partial charge >= 0.3 is 12.0 Å². The van der Waals surface area contributed by atoms with E-state index in [2.05, 4.69) is 5.32 Å². The van der Waals surface area contributed by atoms with Crippen molar-refractivity contribution < 1.29 is 18.9 Å². The number of amides is 2. The molecule has 18 heavy (non-hydrogen) atoms. The van der Waals surface area contributed by atoms with Crippen molar-refractivity contribution in [2.24, 2.45) is 0 Å². The second kappa shape index (κ2) is 7.35. The highest BCUT2D eigenvalue weighted by Crippen LogP contribution is 2.19. The fraction of sp³-hybridized carbons (Fsp3) is 0.818. The first-order chi connectivity index (χ1) is 8.50. The topological polar surface area (TPSA) is 86.7 Å². The van der Waals surface area contributed by atoms with E-state index in [1.807, 2.05) is 0 Å². The van der Waals surface area contributed by atoms with E-state index in [4.69, 9.17) is 5.11 Å². The van der Waals surface area contributed by atoms with Crippen molar-refractivity contribution in [1.29, 1.82) is 0 Å². The molecule has 6 nitrogen and oxygen atoms in total. The highest BCUT2D eigenvalue weighted by molar-refractivity contribution is 7.84. The maximum Gasteiger partial charge on any atom is 0.317 e. The molecule has 1 heterocycles. The first-order valence-corrected chi connectivity index (χ1v) is 7.79. The minimum atomic E-state index is -0.874. The lowest BCUT2D eigenvalue weighted by Gasteiger charge is -2.23. The minimum Gasteiger partial charge on any atom is -0.481 e. The van der Waals surface area contributed by atoms with Gasteiger partial charge in [0.2, 0.25) is 0 Å². The van der Waals surface area contributed by atoms with Gasteiger partial charge in [-0.1, -0.05) is 0 Å². The Kier molecular flexibility index (Phi) is 6.11. The van der Waals surface area contributed by atoms with Crippen LogP contribution in [0.1, 0.15) is 25.7 Å². The third kappa shape index (κ3) is 5.03. The molecule has 2 N–H and O–H groups in total. The van der Waals surface area contributed by atoms with E-state index >= 15 is 0 Å². The highest BCUT2D eigenvalue weighted by atomic mass is 32.2. The molecule has 0 aromatic rings. The number of nitrogens with one attached hydrogen (secondary N) is 1. The zero-order chi connectivity index (χ0) is 13.5. The summed E-state index contributed by atoms with van der Waals surface area (Å²) >= 11 is 0. The maximum absolute atomic E-state index is 11.8. The second-order valence-corrected chi connectivity index (χ2v) is 6.00. The van der Waals surface area contributed by atoms with Crippen LogP contribution in [0.3, 0.4) is 0 Å². The monoisotopic (exact) mass is 276 g/mol. The molecule has 1 aliphatic heterocycles. The van der Waals surface area contributed by atoms with E-state index in [0.717, 1.165) is 12.8 Å². The van der Waals surface area contributed by atoms with Gasteiger partial charge in [0.05, 0.1) is 6.42 Å². The van der Waals surface area contributed by atoms with Gasteiger partial charge in [0.15, 0.2) is 0 Å². The van der Waals surface area contributed by atoms with Gasteiger partial charge in [0, 0.05) is 41.9 Å². The van der Waals surface area contributed by atoms with E-state index < -0.39 is 16.8 Å². The number of carbonyl (C=O) groups is 2. The molecular formula is C11H20N2O4S. The van der Waals surface area contributed by atoms with Gasteiger partial charge in [-0.05, 0) is 19.3 Å². The first-order valence-electron chi connectivity index (χ1n) is 6.07. The van der Waals surface area contributed by atoms with Crippen molar-refractivity contribution in [1.82, 2.24) is 10.2 Å². The molecule has 1 fully saturated rings. The molecule has 0 aliphatic carbocycles. The van der Waals surface area contributed by atoms with Crippen LogP contribution in [0.4, 0.5) is 4.79 Å². The summed E-state index contributed by atoms with van der Waals surface area (Å²) in [6.45, 7) is 1.10. The smallest absolute Gasteiger partial charge is 0.317 e. The predicted molar refractivity (Wildman–Crippen MR) is 68.9 cm³/mol. The van der Waals surface area contributed by atoms with Crippen LogP contribution in [0, 0.1) is 0 Å². The number of carboxylic acids is 1. The Labute approximate surface area is 109 Å². The van der Waals surface area contributed by atoms with Crippen LogP contribution in [0.15, 0.2) is 0 Å². The molecule has 2 amide bonds. The van der Waals surface area contributed by atoms with Crippen LogP contribution in [-0.4, -0.2) is 57.4 Å². The number of nitrogens with zero attached hydrogens (tertiary/aromatic N) is 1. The summed E-state index contributed by atoms with van der Waals surface area (Å²) in [6, 6.07) is -0.400. The maximum atomic E-state index is 11.8. The van der Waals surface area contributed by atoms with Crippen molar-refractivity contribution in [2.45, 2.75) is 31.7 Å². The summed E-state index contributed by atoms with van der Waals surface area (Å²) in [7, 11) is -0.840. The number of likely N-dealkylation sites (tertiary alicyclic amines) is 1. The Morgan fingerprint density at radius 3 is 2.83 bits per heavy atom. The molecule has 104 valence electrons. The van der Waals surface area contributed by atoms with Gasteiger partial charge < -0.3 is 15.3 Å². The molecule has 0 saturated carbocycles. The number of hydrogen-bond donors (Lipinski definition) is 2. The number of hydrogen-bond acceptors (Lipinski definition) is 3. The Hall–Kier alpha value is -1.11. The molecule has 1 aliphatic rings. The normalized spacial score (nSPS) is 20.7. The summed E-state index contributed by atoms with van der Waals surface area (Å²) in [5.74, 6) is -0.306. The first kappa shape index (κ1) is 14.9. The zero-order valence-corrected chi connectivity index (χ0v) is 11.4. The van der Waals surface area contributed by atoms with Gasteiger partial charge in [-0.2, -0.15) is 0 Å². The van der Waals surface area contributed by atoms with Crippen molar-refractivity contribution >= 4 is 22.8 Å². The lowest BCUT2D eigenvalue weighted by molar-refractivity contribution is -0.137. The van der Waals surface area contributed by atoms with Crippen molar-refractivity contribution in [3.05, 3.63) is 0 Å². The largest absolute Gasteiger partial charge is 0.481 e. The average molecular weight is 276 g/mol. The van der Waals surface area contributed by atoms with Crippen LogP contribution in [0.25, 0.3) is 0 Å². The highest BCUT2D eigenvalue weighted by Gasteiger charge is 2.29. The third-order valence-corrected chi connectivity index (χ3v) is 3.80. The number of rotatable bonds is 6. The summed E-state index contributed by atoms with van der Waals surface area (Å²) in [6.07, 6.45) is 3.91. The van der Waals surface area contributed by atoms with Crippen LogP contribution in [0.5, 0.6) is 0 Å². The number of aliphatic carboxylic acids is 1. The van der Waals surface area contributed by atoms with Crippen molar-refractivity contribution in [3.8, 4) is 0 Å². The summed E-state index contributed by atoms with van der Waals surface area (Å²) < 4.78 is 10.8.